The van der Waals surface area contributed by atoms with Crippen molar-refractivity contribution >= 4 is 17.4 Å². The molecule has 1 saturated heterocycles. The number of thioether (sulfide) groups is 1. The molecular formula is C12H15F2NOS. The molecule has 2 unspecified atom stereocenters. The SMILES string of the molecule is CC1SCCC1Nc1ccc(OC(F)F)cc1. The summed E-state index contributed by atoms with van der Waals surface area (Å²) in [7, 11) is 0. The number of ether oxygens (including phenoxy) is 1. The highest BCUT2D eigenvalue weighted by atomic mass is 32.2. The number of alkyl halides is 2. The van der Waals surface area contributed by atoms with Crippen molar-refractivity contribution in [3.8, 4) is 5.75 Å². The van der Waals surface area contributed by atoms with Crippen LogP contribution < -0.4 is 10.1 Å². The number of halogens is 2. The van der Waals surface area contributed by atoms with Crippen LogP contribution in [0.3, 0.4) is 0 Å². The summed E-state index contributed by atoms with van der Waals surface area (Å²) in [5, 5.41) is 4.00. The summed E-state index contributed by atoms with van der Waals surface area (Å²) in [6.45, 7) is -0.566. The molecule has 1 heterocycles. The Hall–Kier alpha value is -0.970. The van der Waals surface area contributed by atoms with Gasteiger partial charge in [0.25, 0.3) is 0 Å². The lowest BCUT2D eigenvalue weighted by atomic mass is 10.1. The maximum absolute atomic E-state index is 12.0. The third-order valence-corrected chi connectivity index (χ3v) is 4.13. The van der Waals surface area contributed by atoms with Gasteiger partial charge in [0.15, 0.2) is 0 Å². The molecule has 1 aromatic rings. The Morgan fingerprint density at radius 1 is 1.35 bits per heavy atom. The molecule has 1 aromatic carbocycles. The molecule has 2 nitrogen and oxygen atoms in total. The van der Waals surface area contributed by atoms with Gasteiger partial charge in [-0.05, 0) is 36.4 Å². The van der Waals surface area contributed by atoms with Crippen molar-refractivity contribution in [1.29, 1.82) is 0 Å². The first-order valence-electron chi connectivity index (χ1n) is 5.58. The Labute approximate surface area is 104 Å². The summed E-state index contributed by atoms with van der Waals surface area (Å²) in [6, 6.07) is 7.12. The van der Waals surface area contributed by atoms with Crippen molar-refractivity contribution in [2.75, 3.05) is 11.1 Å². The highest BCUT2D eigenvalue weighted by Gasteiger charge is 2.23. The Kier molecular flexibility index (Phi) is 4.10. The quantitative estimate of drug-likeness (QED) is 0.892. The molecule has 0 radical (unpaired) electrons. The highest BCUT2D eigenvalue weighted by molar-refractivity contribution is 8.00. The Morgan fingerprint density at radius 2 is 2.06 bits per heavy atom. The van der Waals surface area contributed by atoms with Gasteiger partial charge >= 0.3 is 6.61 Å². The minimum Gasteiger partial charge on any atom is -0.435 e. The van der Waals surface area contributed by atoms with E-state index in [2.05, 4.69) is 17.0 Å². The summed E-state index contributed by atoms with van der Waals surface area (Å²) >= 11 is 1.95. The van der Waals surface area contributed by atoms with Gasteiger partial charge in [0, 0.05) is 17.0 Å². The van der Waals surface area contributed by atoms with Crippen LogP contribution in [0.5, 0.6) is 5.75 Å². The van der Waals surface area contributed by atoms with E-state index in [1.165, 1.54) is 5.75 Å². The van der Waals surface area contributed by atoms with Crippen molar-refractivity contribution in [2.24, 2.45) is 0 Å². The lowest BCUT2D eigenvalue weighted by molar-refractivity contribution is -0.0498. The van der Waals surface area contributed by atoms with E-state index in [9.17, 15) is 8.78 Å². The van der Waals surface area contributed by atoms with E-state index in [0.29, 0.717) is 11.3 Å². The average Bonchev–Trinajstić information content (AvgIpc) is 2.67. The summed E-state index contributed by atoms with van der Waals surface area (Å²) < 4.78 is 28.2. The summed E-state index contributed by atoms with van der Waals surface area (Å²) in [5.74, 6) is 1.37. The molecule has 0 aromatic heterocycles. The first-order chi connectivity index (χ1) is 8.15. The molecule has 1 N–H and O–H groups in total. The average molecular weight is 259 g/mol. The summed E-state index contributed by atoms with van der Waals surface area (Å²) in [5.41, 5.74) is 0.950. The van der Waals surface area contributed by atoms with Crippen molar-refractivity contribution in [3.63, 3.8) is 0 Å². The molecule has 5 heteroatoms. The van der Waals surface area contributed by atoms with Gasteiger partial charge in [-0.1, -0.05) is 6.92 Å². The van der Waals surface area contributed by atoms with Gasteiger partial charge in [-0.3, -0.25) is 0 Å². The second-order valence-electron chi connectivity index (χ2n) is 4.02. The van der Waals surface area contributed by atoms with Crippen LogP contribution in [0.15, 0.2) is 24.3 Å². The molecule has 2 rings (SSSR count). The molecule has 0 spiro atoms. The maximum atomic E-state index is 12.0. The summed E-state index contributed by atoms with van der Waals surface area (Å²) in [6.07, 6.45) is 1.14. The number of benzene rings is 1. The van der Waals surface area contributed by atoms with Crippen LogP contribution in [-0.4, -0.2) is 23.7 Å². The number of nitrogens with one attached hydrogen (secondary N) is 1. The van der Waals surface area contributed by atoms with Gasteiger partial charge in [0.1, 0.15) is 5.75 Å². The highest BCUT2D eigenvalue weighted by Crippen LogP contribution is 2.29. The van der Waals surface area contributed by atoms with Crippen molar-refractivity contribution in [3.05, 3.63) is 24.3 Å². The Bertz CT molecular complexity index is 358. The molecule has 94 valence electrons. The number of hydrogen-bond donors (Lipinski definition) is 1. The number of anilines is 1. The van der Waals surface area contributed by atoms with Gasteiger partial charge in [0.2, 0.25) is 0 Å². The van der Waals surface area contributed by atoms with Crippen LogP contribution in [0.25, 0.3) is 0 Å². The predicted octanol–water partition coefficient (Wildman–Crippen LogP) is 3.59. The standard InChI is InChI=1S/C12H15F2NOS/c1-8-11(6-7-17-8)15-9-2-4-10(5-3-9)16-12(13)14/h2-5,8,11-12,15H,6-7H2,1H3. The van der Waals surface area contributed by atoms with E-state index in [4.69, 9.17) is 0 Å². The first-order valence-corrected chi connectivity index (χ1v) is 6.63. The molecular weight excluding hydrogens is 244 g/mol. The molecule has 0 saturated carbocycles. The zero-order valence-corrected chi connectivity index (χ0v) is 10.3. The second-order valence-corrected chi connectivity index (χ2v) is 5.50. The first kappa shape index (κ1) is 12.5. The molecule has 1 aliphatic rings. The van der Waals surface area contributed by atoms with E-state index in [-0.39, 0.29) is 5.75 Å². The third kappa shape index (κ3) is 3.49. The predicted molar refractivity (Wildman–Crippen MR) is 67.0 cm³/mol. The fraction of sp³-hybridized carbons (Fsp3) is 0.500. The molecule has 2 atom stereocenters. The lowest BCUT2D eigenvalue weighted by Crippen LogP contribution is -2.24. The van der Waals surface area contributed by atoms with Crippen LogP contribution in [0, 0.1) is 0 Å². The Morgan fingerprint density at radius 3 is 2.59 bits per heavy atom. The fourth-order valence-corrected chi connectivity index (χ4v) is 3.07. The van der Waals surface area contributed by atoms with Crippen LogP contribution in [0.2, 0.25) is 0 Å². The maximum Gasteiger partial charge on any atom is 0.387 e. The van der Waals surface area contributed by atoms with E-state index in [0.717, 1.165) is 12.1 Å². The van der Waals surface area contributed by atoms with E-state index in [1.54, 1.807) is 24.3 Å². The van der Waals surface area contributed by atoms with E-state index >= 15 is 0 Å². The largest absolute Gasteiger partial charge is 0.435 e. The molecule has 0 bridgehead atoms. The van der Waals surface area contributed by atoms with Crippen LogP contribution in [-0.2, 0) is 0 Å². The monoisotopic (exact) mass is 259 g/mol. The van der Waals surface area contributed by atoms with Crippen molar-refractivity contribution < 1.29 is 13.5 Å². The topological polar surface area (TPSA) is 21.3 Å². The number of rotatable bonds is 4. The van der Waals surface area contributed by atoms with Crippen LogP contribution in [0.1, 0.15) is 13.3 Å². The van der Waals surface area contributed by atoms with Gasteiger partial charge in [-0.2, -0.15) is 20.5 Å². The van der Waals surface area contributed by atoms with Gasteiger partial charge in [-0.15, -0.1) is 0 Å². The zero-order chi connectivity index (χ0) is 12.3. The second kappa shape index (κ2) is 5.58. The molecule has 0 aliphatic carbocycles. The van der Waals surface area contributed by atoms with Crippen LogP contribution >= 0.6 is 11.8 Å². The smallest absolute Gasteiger partial charge is 0.387 e. The van der Waals surface area contributed by atoms with E-state index in [1.807, 2.05) is 11.8 Å². The molecule has 0 amide bonds. The van der Waals surface area contributed by atoms with Gasteiger partial charge < -0.3 is 10.1 Å². The molecule has 17 heavy (non-hydrogen) atoms. The molecule has 1 fully saturated rings. The fourth-order valence-electron chi connectivity index (χ4n) is 1.87. The van der Waals surface area contributed by atoms with Gasteiger partial charge in [0.05, 0.1) is 0 Å². The summed E-state index contributed by atoms with van der Waals surface area (Å²) in [4.78, 5) is 0. The Balaban J connectivity index is 1.93. The lowest BCUT2D eigenvalue weighted by Gasteiger charge is -2.18. The van der Waals surface area contributed by atoms with Crippen molar-refractivity contribution in [2.45, 2.75) is 31.2 Å². The third-order valence-electron chi connectivity index (χ3n) is 2.81. The normalized spacial score (nSPS) is 24.0. The molecule has 1 aliphatic heterocycles. The van der Waals surface area contributed by atoms with Crippen LogP contribution in [0.4, 0.5) is 14.5 Å². The van der Waals surface area contributed by atoms with E-state index < -0.39 is 6.61 Å². The van der Waals surface area contributed by atoms with Gasteiger partial charge in [-0.25, -0.2) is 0 Å². The van der Waals surface area contributed by atoms with Crippen molar-refractivity contribution in [1.82, 2.24) is 0 Å². The minimum atomic E-state index is -2.76. The minimum absolute atomic E-state index is 0.194. The zero-order valence-electron chi connectivity index (χ0n) is 9.53. The number of hydrogen-bond acceptors (Lipinski definition) is 3.